The Morgan fingerprint density at radius 1 is 1.50 bits per heavy atom. The van der Waals surface area contributed by atoms with Gasteiger partial charge < -0.3 is 5.32 Å². The third-order valence-corrected chi connectivity index (χ3v) is 3.19. The lowest BCUT2D eigenvalue weighted by atomic mass is 9.93. The Bertz CT molecular complexity index is 297. The molecule has 2 rings (SSSR count). The van der Waals surface area contributed by atoms with Crippen molar-refractivity contribution in [1.29, 1.82) is 0 Å². The highest BCUT2D eigenvalue weighted by Gasteiger charge is 2.20. The minimum atomic E-state index is 0.625. The van der Waals surface area contributed by atoms with E-state index in [2.05, 4.69) is 29.4 Å². The fourth-order valence-corrected chi connectivity index (χ4v) is 2.28. The van der Waals surface area contributed by atoms with E-state index >= 15 is 0 Å². The van der Waals surface area contributed by atoms with Crippen LogP contribution in [0.4, 0.5) is 0 Å². The van der Waals surface area contributed by atoms with Crippen molar-refractivity contribution in [2.24, 2.45) is 0 Å². The third-order valence-electron chi connectivity index (χ3n) is 3.19. The zero-order valence-electron chi connectivity index (χ0n) is 9.06. The lowest BCUT2D eigenvalue weighted by Crippen LogP contribution is -2.28. The molecular formula is C11H19N3. The van der Waals surface area contributed by atoms with Crippen molar-refractivity contribution in [2.75, 3.05) is 13.1 Å². The molecule has 1 aromatic rings. The van der Waals surface area contributed by atoms with Gasteiger partial charge in [-0.1, -0.05) is 6.92 Å². The average molecular weight is 193 g/mol. The van der Waals surface area contributed by atoms with E-state index in [1.165, 1.54) is 36.3 Å². The van der Waals surface area contributed by atoms with E-state index in [-0.39, 0.29) is 0 Å². The Kier molecular flexibility index (Phi) is 2.87. The molecule has 14 heavy (non-hydrogen) atoms. The van der Waals surface area contributed by atoms with E-state index in [4.69, 9.17) is 0 Å². The van der Waals surface area contributed by atoms with Crippen LogP contribution in [0.5, 0.6) is 0 Å². The van der Waals surface area contributed by atoms with E-state index in [9.17, 15) is 0 Å². The van der Waals surface area contributed by atoms with Gasteiger partial charge >= 0.3 is 0 Å². The summed E-state index contributed by atoms with van der Waals surface area (Å²) in [5.74, 6) is 0.625. The number of hydrogen-bond donors (Lipinski definition) is 2. The van der Waals surface area contributed by atoms with Crippen molar-refractivity contribution < 1.29 is 0 Å². The molecule has 0 amide bonds. The molecule has 3 nitrogen and oxygen atoms in total. The highest BCUT2D eigenvalue weighted by atomic mass is 15.1. The van der Waals surface area contributed by atoms with Crippen molar-refractivity contribution in [3.63, 3.8) is 0 Å². The number of aromatic amines is 1. The molecule has 1 aliphatic heterocycles. The van der Waals surface area contributed by atoms with Crippen LogP contribution in [0.2, 0.25) is 0 Å². The molecule has 0 aromatic carbocycles. The Morgan fingerprint density at radius 3 is 2.93 bits per heavy atom. The topological polar surface area (TPSA) is 40.7 Å². The Labute approximate surface area is 85.3 Å². The quantitative estimate of drug-likeness (QED) is 0.751. The zero-order valence-corrected chi connectivity index (χ0v) is 9.06. The van der Waals surface area contributed by atoms with Gasteiger partial charge in [0.05, 0.1) is 5.69 Å². The first-order valence-electron chi connectivity index (χ1n) is 5.57. The lowest BCUT2D eigenvalue weighted by Gasteiger charge is -2.21. The van der Waals surface area contributed by atoms with Crippen LogP contribution in [0.25, 0.3) is 0 Å². The van der Waals surface area contributed by atoms with Crippen LogP contribution in [0.15, 0.2) is 0 Å². The number of aryl methyl sites for hydroxylation is 1. The number of rotatable bonds is 2. The Hall–Kier alpha value is -0.830. The monoisotopic (exact) mass is 193 g/mol. The van der Waals surface area contributed by atoms with Gasteiger partial charge in [0.25, 0.3) is 0 Å². The largest absolute Gasteiger partial charge is 0.316 e. The predicted molar refractivity (Wildman–Crippen MR) is 57.5 cm³/mol. The van der Waals surface area contributed by atoms with Crippen molar-refractivity contribution in [3.8, 4) is 0 Å². The molecule has 2 N–H and O–H groups in total. The molecule has 78 valence electrons. The summed E-state index contributed by atoms with van der Waals surface area (Å²) >= 11 is 0. The Morgan fingerprint density at radius 2 is 2.36 bits per heavy atom. The van der Waals surface area contributed by atoms with Crippen LogP contribution in [-0.4, -0.2) is 23.3 Å². The smallest absolute Gasteiger partial charge is 0.0697 e. The van der Waals surface area contributed by atoms with Crippen molar-refractivity contribution in [2.45, 2.75) is 39.0 Å². The summed E-state index contributed by atoms with van der Waals surface area (Å²) in [6, 6.07) is 0. The van der Waals surface area contributed by atoms with Crippen molar-refractivity contribution in [1.82, 2.24) is 15.5 Å². The molecule has 1 fully saturated rings. The zero-order chi connectivity index (χ0) is 9.97. The highest BCUT2D eigenvalue weighted by molar-refractivity contribution is 5.27. The molecule has 0 bridgehead atoms. The van der Waals surface area contributed by atoms with Gasteiger partial charge in [-0.2, -0.15) is 5.10 Å². The first kappa shape index (κ1) is 9.71. The number of nitrogens with one attached hydrogen (secondary N) is 2. The van der Waals surface area contributed by atoms with Crippen LogP contribution in [0.3, 0.4) is 0 Å². The summed E-state index contributed by atoms with van der Waals surface area (Å²) in [7, 11) is 0. The van der Waals surface area contributed by atoms with Crippen molar-refractivity contribution in [3.05, 3.63) is 17.0 Å². The number of hydrogen-bond acceptors (Lipinski definition) is 2. The first-order chi connectivity index (χ1) is 6.83. The molecule has 0 radical (unpaired) electrons. The summed E-state index contributed by atoms with van der Waals surface area (Å²) in [6.07, 6.45) is 3.61. The molecule has 1 aromatic heterocycles. The Balaban J connectivity index is 2.18. The third kappa shape index (κ3) is 1.69. The molecule has 0 aliphatic carbocycles. The summed E-state index contributed by atoms with van der Waals surface area (Å²) in [5, 5.41) is 11.0. The van der Waals surface area contributed by atoms with Crippen LogP contribution in [-0.2, 0) is 6.42 Å². The maximum atomic E-state index is 4.45. The summed E-state index contributed by atoms with van der Waals surface area (Å²) in [6.45, 7) is 6.62. The van der Waals surface area contributed by atoms with Gasteiger partial charge in [0.2, 0.25) is 0 Å². The second-order valence-corrected chi connectivity index (χ2v) is 4.11. The molecule has 2 heterocycles. The number of nitrogens with zero attached hydrogens (tertiary/aromatic N) is 1. The van der Waals surface area contributed by atoms with Crippen LogP contribution < -0.4 is 5.32 Å². The molecule has 1 atom stereocenters. The summed E-state index contributed by atoms with van der Waals surface area (Å²) in [4.78, 5) is 0. The summed E-state index contributed by atoms with van der Waals surface area (Å²) in [5.41, 5.74) is 3.96. The molecule has 3 heteroatoms. The van der Waals surface area contributed by atoms with Gasteiger partial charge in [-0.15, -0.1) is 0 Å². The average Bonchev–Trinajstić information content (AvgIpc) is 2.61. The predicted octanol–water partition coefficient (Wildman–Crippen LogP) is 1.75. The minimum absolute atomic E-state index is 0.625. The number of H-pyrrole nitrogens is 1. The lowest BCUT2D eigenvalue weighted by molar-refractivity contribution is 0.453. The molecule has 0 spiro atoms. The van der Waals surface area contributed by atoms with Gasteiger partial charge in [0.15, 0.2) is 0 Å². The van der Waals surface area contributed by atoms with Gasteiger partial charge in [-0.3, -0.25) is 5.10 Å². The number of aromatic nitrogens is 2. The van der Waals surface area contributed by atoms with E-state index < -0.39 is 0 Å². The fraction of sp³-hybridized carbons (Fsp3) is 0.727. The highest BCUT2D eigenvalue weighted by Crippen LogP contribution is 2.25. The van der Waals surface area contributed by atoms with E-state index in [1.807, 2.05) is 0 Å². The molecule has 1 saturated heterocycles. The van der Waals surface area contributed by atoms with Gasteiger partial charge in [-0.25, -0.2) is 0 Å². The van der Waals surface area contributed by atoms with Crippen LogP contribution in [0.1, 0.15) is 42.6 Å². The van der Waals surface area contributed by atoms with Crippen molar-refractivity contribution >= 4 is 0 Å². The van der Waals surface area contributed by atoms with Crippen LogP contribution in [0, 0.1) is 6.92 Å². The number of piperidine rings is 1. The van der Waals surface area contributed by atoms with E-state index in [0.29, 0.717) is 5.92 Å². The standard InChI is InChI=1S/C11H19N3/c1-3-10-8(2)11(14-13-10)9-5-4-6-12-7-9/h9,12H,3-7H2,1-2H3,(H,13,14). The SMILES string of the molecule is CCc1[nH]nc(C2CCCNC2)c1C. The second-order valence-electron chi connectivity index (χ2n) is 4.11. The van der Waals surface area contributed by atoms with E-state index in [1.54, 1.807) is 0 Å². The maximum Gasteiger partial charge on any atom is 0.0697 e. The van der Waals surface area contributed by atoms with Gasteiger partial charge in [0.1, 0.15) is 0 Å². The maximum absolute atomic E-state index is 4.45. The molecule has 1 unspecified atom stereocenters. The molecule has 1 aliphatic rings. The van der Waals surface area contributed by atoms with Gasteiger partial charge in [-0.05, 0) is 38.3 Å². The van der Waals surface area contributed by atoms with Crippen LogP contribution >= 0.6 is 0 Å². The summed E-state index contributed by atoms with van der Waals surface area (Å²) < 4.78 is 0. The van der Waals surface area contributed by atoms with E-state index in [0.717, 1.165) is 13.0 Å². The fourth-order valence-electron chi connectivity index (χ4n) is 2.28. The normalized spacial score (nSPS) is 22.6. The minimum Gasteiger partial charge on any atom is -0.316 e. The molecular weight excluding hydrogens is 174 g/mol. The first-order valence-corrected chi connectivity index (χ1v) is 5.57. The van der Waals surface area contributed by atoms with Gasteiger partial charge in [0, 0.05) is 18.2 Å². The molecule has 0 saturated carbocycles. The second kappa shape index (κ2) is 4.13.